The van der Waals surface area contributed by atoms with E-state index in [1.54, 1.807) is 18.2 Å². The lowest BCUT2D eigenvalue weighted by molar-refractivity contribution is -0.237. The topological polar surface area (TPSA) is 72.5 Å². The summed E-state index contributed by atoms with van der Waals surface area (Å²) >= 11 is 1.50. The van der Waals surface area contributed by atoms with Gasteiger partial charge in [-0.05, 0) is 52.9 Å². The average molecular weight is 417 g/mol. The van der Waals surface area contributed by atoms with Crippen LogP contribution in [0.2, 0.25) is 0 Å². The summed E-state index contributed by atoms with van der Waals surface area (Å²) in [6, 6.07) is 13.3. The third-order valence-corrected chi connectivity index (χ3v) is 6.31. The minimum absolute atomic E-state index is 0.199. The summed E-state index contributed by atoms with van der Waals surface area (Å²) in [5, 5.41) is 13.6. The predicted octanol–water partition coefficient (Wildman–Crippen LogP) is 4.77. The van der Waals surface area contributed by atoms with Gasteiger partial charge in [0.1, 0.15) is 28.8 Å². The van der Waals surface area contributed by atoms with Crippen LogP contribution >= 0.6 is 11.3 Å². The molecule has 0 aliphatic carbocycles. The van der Waals surface area contributed by atoms with Crippen LogP contribution in [-0.4, -0.2) is 0 Å². The zero-order valence-electron chi connectivity index (χ0n) is 15.3. The third kappa shape index (κ3) is 2.32. The number of halogens is 1. The van der Waals surface area contributed by atoms with Crippen LogP contribution < -0.4 is 10.4 Å². The standard InChI is InChI=1S/C23H12FNO4S/c24-15-2-4-18-17(8-15)21-19(22(26)27-18)20-16-3-1-12(10-25)7-13(16)9-23(28-20,29-21)14-5-6-30-11-14/h1-8,11,20H,9H2/t20?,23-/m1/s1. The van der Waals surface area contributed by atoms with Gasteiger partial charge in [-0.2, -0.15) is 16.6 Å². The Morgan fingerprint density at radius 3 is 2.90 bits per heavy atom. The van der Waals surface area contributed by atoms with Gasteiger partial charge < -0.3 is 13.9 Å². The number of fused-ring (bicyclic) bond motifs is 8. The summed E-state index contributed by atoms with van der Waals surface area (Å²) in [4.78, 5) is 12.9. The molecular weight excluding hydrogens is 405 g/mol. The largest absolute Gasteiger partial charge is 0.456 e. The number of nitrogens with zero attached hydrogens (tertiary/aromatic N) is 1. The van der Waals surface area contributed by atoms with E-state index in [4.69, 9.17) is 13.9 Å². The van der Waals surface area contributed by atoms with Crippen LogP contribution in [0.5, 0.6) is 5.75 Å². The van der Waals surface area contributed by atoms with Crippen LogP contribution in [0.1, 0.15) is 33.9 Å². The maximum Gasteiger partial charge on any atom is 0.346 e. The number of benzene rings is 2. The highest BCUT2D eigenvalue weighted by Gasteiger charge is 2.51. The Bertz CT molecular complexity index is 1440. The number of thiophene rings is 1. The van der Waals surface area contributed by atoms with Crippen molar-refractivity contribution in [3.63, 3.8) is 0 Å². The van der Waals surface area contributed by atoms with E-state index in [-0.39, 0.29) is 16.9 Å². The minimum atomic E-state index is -1.19. The van der Waals surface area contributed by atoms with Crippen molar-refractivity contribution in [2.24, 2.45) is 0 Å². The molecule has 4 aromatic rings. The van der Waals surface area contributed by atoms with Gasteiger partial charge >= 0.3 is 5.63 Å². The van der Waals surface area contributed by atoms with Gasteiger partial charge in [0.15, 0.2) is 0 Å². The molecule has 30 heavy (non-hydrogen) atoms. The van der Waals surface area contributed by atoms with E-state index < -0.39 is 23.3 Å². The summed E-state index contributed by atoms with van der Waals surface area (Å²) in [5.41, 5.74) is 2.81. The van der Waals surface area contributed by atoms with E-state index in [1.807, 2.05) is 16.8 Å². The Hall–Kier alpha value is -3.47. The Labute approximate surface area is 173 Å². The van der Waals surface area contributed by atoms with Gasteiger partial charge in [0.25, 0.3) is 0 Å². The molecule has 0 saturated heterocycles. The molecule has 0 radical (unpaired) electrons. The second-order valence-electron chi connectivity index (χ2n) is 7.34. The summed E-state index contributed by atoms with van der Waals surface area (Å²) in [7, 11) is 0. The molecule has 7 heteroatoms. The van der Waals surface area contributed by atoms with E-state index in [1.165, 1.54) is 29.5 Å². The Balaban J connectivity index is 1.70. The van der Waals surface area contributed by atoms with Crippen molar-refractivity contribution in [3.8, 4) is 11.8 Å². The highest BCUT2D eigenvalue weighted by molar-refractivity contribution is 7.08. The Morgan fingerprint density at radius 1 is 1.20 bits per heavy atom. The van der Waals surface area contributed by atoms with Crippen LogP contribution in [0, 0.1) is 17.1 Å². The Kier molecular flexibility index (Phi) is 3.49. The highest BCUT2D eigenvalue weighted by atomic mass is 32.1. The Morgan fingerprint density at radius 2 is 2.10 bits per heavy atom. The fourth-order valence-electron chi connectivity index (χ4n) is 4.28. The monoisotopic (exact) mass is 417 g/mol. The van der Waals surface area contributed by atoms with E-state index in [0.717, 1.165) is 16.7 Å². The third-order valence-electron chi connectivity index (χ3n) is 5.63. The lowest BCUT2D eigenvalue weighted by Crippen LogP contribution is -2.47. The summed E-state index contributed by atoms with van der Waals surface area (Å²) in [6.45, 7) is 0. The fourth-order valence-corrected chi connectivity index (χ4v) is 4.99. The molecule has 2 aromatic carbocycles. The molecule has 6 rings (SSSR count). The first-order valence-corrected chi connectivity index (χ1v) is 10.2. The molecule has 5 nitrogen and oxygen atoms in total. The fraction of sp³-hybridized carbons (Fsp3) is 0.130. The van der Waals surface area contributed by atoms with Gasteiger partial charge in [-0.25, -0.2) is 9.18 Å². The molecule has 0 fully saturated rings. The number of hydrogen-bond acceptors (Lipinski definition) is 6. The molecule has 4 heterocycles. The molecule has 146 valence electrons. The van der Waals surface area contributed by atoms with E-state index in [2.05, 4.69) is 6.07 Å². The zero-order valence-corrected chi connectivity index (χ0v) is 16.2. The molecule has 2 aromatic heterocycles. The van der Waals surface area contributed by atoms with Crippen molar-refractivity contribution < 1.29 is 18.3 Å². The van der Waals surface area contributed by atoms with Crippen LogP contribution in [-0.2, 0) is 16.9 Å². The van der Waals surface area contributed by atoms with Crippen LogP contribution in [0.25, 0.3) is 11.0 Å². The predicted molar refractivity (Wildman–Crippen MR) is 107 cm³/mol. The highest BCUT2D eigenvalue weighted by Crippen LogP contribution is 2.53. The molecule has 0 N–H and O–H groups in total. The molecule has 0 spiro atoms. The zero-order chi connectivity index (χ0) is 20.5. The van der Waals surface area contributed by atoms with Crippen molar-refractivity contribution in [1.82, 2.24) is 0 Å². The second kappa shape index (κ2) is 6.02. The quantitative estimate of drug-likeness (QED) is 0.417. The smallest absolute Gasteiger partial charge is 0.346 e. The van der Waals surface area contributed by atoms with E-state index in [0.29, 0.717) is 17.4 Å². The van der Waals surface area contributed by atoms with Crippen LogP contribution in [0.15, 0.2) is 62.4 Å². The van der Waals surface area contributed by atoms with Gasteiger partial charge in [-0.3, -0.25) is 0 Å². The van der Waals surface area contributed by atoms with E-state index >= 15 is 0 Å². The van der Waals surface area contributed by atoms with Crippen LogP contribution in [0.3, 0.4) is 0 Å². The van der Waals surface area contributed by atoms with Crippen molar-refractivity contribution in [2.45, 2.75) is 18.3 Å². The summed E-state index contributed by atoms with van der Waals surface area (Å²) < 4.78 is 32.3. The lowest BCUT2D eigenvalue weighted by Gasteiger charge is -2.46. The molecular formula is C23H12FNO4S. The SMILES string of the molecule is N#Cc1ccc2c(c1)C[C@]1(c3ccsc3)Oc3c(c(=O)oc4ccc(F)cc34)C2O1. The number of nitriles is 1. The number of hydrogen-bond donors (Lipinski definition) is 0. The van der Waals surface area contributed by atoms with Gasteiger partial charge in [0.05, 0.1) is 17.0 Å². The van der Waals surface area contributed by atoms with E-state index in [9.17, 15) is 14.4 Å². The number of rotatable bonds is 1. The number of ether oxygens (including phenoxy) is 2. The molecule has 2 bridgehead atoms. The van der Waals surface area contributed by atoms with Crippen molar-refractivity contribution >= 4 is 22.3 Å². The summed E-state index contributed by atoms with van der Waals surface area (Å²) in [5.74, 6) is -1.37. The normalized spacial score (nSPS) is 21.4. The second-order valence-corrected chi connectivity index (χ2v) is 8.12. The minimum Gasteiger partial charge on any atom is -0.456 e. The van der Waals surface area contributed by atoms with Gasteiger partial charge in [-0.1, -0.05) is 6.07 Å². The first-order chi connectivity index (χ1) is 14.6. The molecule has 2 aliphatic heterocycles. The molecule has 2 atom stereocenters. The average Bonchev–Trinajstić information content (AvgIpc) is 3.29. The van der Waals surface area contributed by atoms with Gasteiger partial charge in [0, 0.05) is 17.4 Å². The first-order valence-electron chi connectivity index (χ1n) is 9.27. The molecule has 0 amide bonds. The van der Waals surface area contributed by atoms with Crippen LogP contribution in [0.4, 0.5) is 4.39 Å². The van der Waals surface area contributed by atoms with Crippen molar-refractivity contribution in [3.05, 3.63) is 97.3 Å². The lowest BCUT2D eigenvalue weighted by atomic mass is 9.84. The summed E-state index contributed by atoms with van der Waals surface area (Å²) in [6.07, 6.45) is -0.407. The maximum absolute atomic E-state index is 14.1. The van der Waals surface area contributed by atoms with Gasteiger partial charge in [-0.15, -0.1) is 0 Å². The maximum atomic E-state index is 14.1. The molecule has 1 unspecified atom stereocenters. The molecule has 0 saturated carbocycles. The van der Waals surface area contributed by atoms with Gasteiger partial charge in [0.2, 0.25) is 5.79 Å². The van der Waals surface area contributed by atoms with Crippen molar-refractivity contribution in [1.29, 1.82) is 5.26 Å². The first kappa shape index (κ1) is 17.4. The molecule has 2 aliphatic rings. The van der Waals surface area contributed by atoms with Crippen molar-refractivity contribution in [2.75, 3.05) is 0 Å².